The van der Waals surface area contributed by atoms with E-state index in [0.29, 0.717) is 12.0 Å². The summed E-state index contributed by atoms with van der Waals surface area (Å²) in [6.07, 6.45) is 4.93. The van der Waals surface area contributed by atoms with Crippen molar-refractivity contribution >= 4 is 0 Å². The van der Waals surface area contributed by atoms with Crippen LogP contribution in [0, 0.1) is 0 Å². The van der Waals surface area contributed by atoms with Gasteiger partial charge in [0.25, 0.3) is 0 Å². The number of hydrogen-bond donors (Lipinski definition) is 1. The van der Waals surface area contributed by atoms with Crippen molar-refractivity contribution in [2.45, 2.75) is 51.5 Å². The van der Waals surface area contributed by atoms with Crippen LogP contribution < -0.4 is 5.32 Å². The normalized spacial score (nSPS) is 23.0. The zero-order chi connectivity index (χ0) is 10.7. The monoisotopic (exact) mass is 209 g/mol. The van der Waals surface area contributed by atoms with Crippen LogP contribution in [0.3, 0.4) is 0 Å². The van der Waals surface area contributed by atoms with Crippen molar-refractivity contribution in [3.63, 3.8) is 0 Å². The van der Waals surface area contributed by atoms with Crippen LogP contribution in [0.25, 0.3) is 0 Å². The van der Waals surface area contributed by atoms with E-state index in [0.717, 1.165) is 24.7 Å². The molecule has 1 unspecified atom stereocenters. The molecule has 1 atom stereocenters. The summed E-state index contributed by atoms with van der Waals surface area (Å²) in [5.41, 5.74) is 0. The highest BCUT2D eigenvalue weighted by molar-refractivity contribution is 4.97. The molecule has 1 saturated heterocycles. The molecule has 84 valence electrons. The molecule has 1 aliphatic rings. The molecular weight excluding hydrogens is 190 g/mol. The van der Waals surface area contributed by atoms with Crippen LogP contribution in [-0.2, 0) is 0 Å². The largest absolute Gasteiger partial charge is 0.339 e. The van der Waals surface area contributed by atoms with Gasteiger partial charge in [0.15, 0.2) is 5.82 Å². The van der Waals surface area contributed by atoms with Crippen LogP contribution in [0.4, 0.5) is 0 Å². The summed E-state index contributed by atoms with van der Waals surface area (Å²) in [7, 11) is 0. The first-order chi connectivity index (χ1) is 7.27. The lowest BCUT2D eigenvalue weighted by Gasteiger charge is -2.09. The Morgan fingerprint density at radius 2 is 2.20 bits per heavy atom. The number of aromatic nitrogens is 2. The molecule has 1 aromatic heterocycles. The van der Waals surface area contributed by atoms with Crippen LogP contribution >= 0.6 is 0 Å². The Kier molecular flexibility index (Phi) is 3.36. The van der Waals surface area contributed by atoms with E-state index < -0.39 is 0 Å². The molecule has 0 bridgehead atoms. The van der Waals surface area contributed by atoms with Gasteiger partial charge in [0.2, 0.25) is 5.89 Å². The molecule has 0 aliphatic carbocycles. The molecule has 0 aromatic carbocycles. The predicted molar refractivity (Wildman–Crippen MR) is 57.6 cm³/mol. The van der Waals surface area contributed by atoms with E-state index in [1.165, 1.54) is 19.3 Å². The van der Waals surface area contributed by atoms with Crippen molar-refractivity contribution in [2.75, 3.05) is 6.54 Å². The second-order valence-corrected chi connectivity index (χ2v) is 4.50. The molecule has 1 aromatic rings. The Morgan fingerprint density at radius 1 is 1.33 bits per heavy atom. The minimum Gasteiger partial charge on any atom is -0.339 e. The first-order valence-electron chi connectivity index (χ1n) is 5.84. The fourth-order valence-electron chi connectivity index (χ4n) is 1.87. The van der Waals surface area contributed by atoms with Crippen LogP contribution in [0.1, 0.15) is 63.2 Å². The molecule has 2 heterocycles. The lowest BCUT2D eigenvalue weighted by atomic mass is 10.1. The molecule has 1 aliphatic heterocycles. The van der Waals surface area contributed by atoms with E-state index >= 15 is 0 Å². The number of nitrogens with one attached hydrogen (secondary N) is 1. The molecule has 2 rings (SSSR count). The average molecular weight is 209 g/mol. The minimum atomic E-state index is 0.295. The summed E-state index contributed by atoms with van der Waals surface area (Å²) in [6.45, 7) is 5.20. The van der Waals surface area contributed by atoms with Crippen LogP contribution in [0.2, 0.25) is 0 Å². The highest BCUT2D eigenvalue weighted by atomic mass is 16.5. The Bertz CT molecular complexity index is 301. The zero-order valence-electron chi connectivity index (χ0n) is 9.49. The summed E-state index contributed by atoms with van der Waals surface area (Å²) in [6, 6.07) is 0.295. The van der Waals surface area contributed by atoms with Crippen molar-refractivity contribution in [3.05, 3.63) is 11.7 Å². The third kappa shape index (κ3) is 2.56. The van der Waals surface area contributed by atoms with Gasteiger partial charge in [0, 0.05) is 5.92 Å². The fourth-order valence-corrected chi connectivity index (χ4v) is 1.87. The molecule has 4 heteroatoms. The Hall–Kier alpha value is -0.900. The summed E-state index contributed by atoms with van der Waals surface area (Å²) >= 11 is 0. The molecular formula is C11H19N3O. The first-order valence-corrected chi connectivity index (χ1v) is 5.84. The number of rotatable bonds is 2. The van der Waals surface area contributed by atoms with Gasteiger partial charge in [-0.2, -0.15) is 4.98 Å². The standard InChI is InChI=1S/C11H19N3O/c1-8(2)11-13-10(14-15-11)9-6-4-3-5-7-12-9/h8-9,12H,3-7H2,1-2H3. The predicted octanol–water partition coefficient (Wildman–Crippen LogP) is 2.40. The van der Waals surface area contributed by atoms with E-state index in [1.54, 1.807) is 0 Å². The summed E-state index contributed by atoms with van der Waals surface area (Å²) in [5, 5.41) is 7.52. The zero-order valence-corrected chi connectivity index (χ0v) is 9.49. The van der Waals surface area contributed by atoms with Crippen molar-refractivity contribution < 1.29 is 4.52 Å². The van der Waals surface area contributed by atoms with Gasteiger partial charge in [-0.25, -0.2) is 0 Å². The Morgan fingerprint density at radius 3 is 2.93 bits per heavy atom. The van der Waals surface area contributed by atoms with Gasteiger partial charge in [0.1, 0.15) is 0 Å². The average Bonchev–Trinajstić information content (AvgIpc) is 2.55. The third-order valence-corrected chi connectivity index (χ3v) is 2.82. The van der Waals surface area contributed by atoms with Crippen molar-refractivity contribution in [2.24, 2.45) is 0 Å². The van der Waals surface area contributed by atoms with E-state index in [1.807, 2.05) is 0 Å². The van der Waals surface area contributed by atoms with Gasteiger partial charge in [-0.3, -0.25) is 0 Å². The molecule has 15 heavy (non-hydrogen) atoms. The van der Waals surface area contributed by atoms with Crippen LogP contribution in [0.5, 0.6) is 0 Å². The van der Waals surface area contributed by atoms with Crippen molar-refractivity contribution in [1.29, 1.82) is 0 Å². The highest BCUT2D eigenvalue weighted by Crippen LogP contribution is 2.21. The first kappa shape index (κ1) is 10.6. The van der Waals surface area contributed by atoms with Gasteiger partial charge in [-0.1, -0.05) is 31.8 Å². The quantitative estimate of drug-likeness (QED) is 0.812. The van der Waals surface area contributed by atoms with Crippen molar-refractivity contribution in [1.82, 2.24) is 15.5 Å². The lowest BCUT2D eigenvalue weighted by Crippen LogP contribution is -2.21. The maximum absolute atomic E-state index is 5.22. The maximum atomic E-state index is 5.22. The Labute approximate surface area is 90.4 Å². The van der Waals surface area contributed by atoms with Gasteiger partial charge in [0.05, 0.1) is 6.04 Å². The van der Waals surface area contributed by atoms with E-state index in [2.05, 4.69) is 29.3 Å². The second kappa shape index (κ2) is 4.75. The van der Waals surface area contributed by atoms with E-state index in [9.17, 15) is 0 Å². The Balaban J connectivity index is 2.06. The number of hydrogen-bond acceptors (Lipinski definition) is 4. The van der Waals surface area contributed by atoms with Gasteiger partial charge >= 0.3 is 0 Å². The molecule has 4 nitrogen and oxygen atoms in total. The van der Waals surface area contributed by atoms with E-state index in [4.69, 9.17) is 4.52 Å². The highest BCUT2D eigenvalue weighted by Gasteiger charge is 2.20. The minimum absolute atomic E-state index is 0.295. The summed E-state index contributed by atoms with van der Waals surface area (Å²) in [5.74, 6) is 1.90. The van der Waals surface area contributed by atoms with Gasteiger partial charge in [-0.05, 0) is 19.4 Å². The van der Waals surface area contributed by atoms with Gasteiger partial charge in [-0.15, -0.1) is 0 Å². The molecule has 1 fully saturated rings. The molecule has 0 saturated carbocycles. The van der Waals surface area contributed by atoms with Crippen LogP contribution in [0.15, 0.2) is 4.52 Å². The number of nitrogens with zero attached hydrogens (tertiary/aromatic N) is 2. The van der Waals surface area contributed by atoms with Crippen molar-refractivity contribution in [3.8, 4) is 0 Å². The van der Waals surface area contributed by atoms with Gasteiger partial charge < -0.3 is 9.84 Å². The molecule has 1 N–H and O–H groups in total. The SMILES string of the molecule is CC(C)c1nc(C2CCCCCN2)no1. The van der Waals surface area contributed by atoms with Crippen LogP contribution in [-0.4, -0.2) is 16.7 Å². The topological polar surface area (TPSA) is 51.0 Å². The molecule has 0 radical (unpaired) electrons. The maximum Gasteiger partial charge on any atom is 0.229 e. The van der Waals surface area contributed by atoms with E-state index in [-0.39, 0.29) is 0 Å². The second-order valence-electron chi connectivity index (χ2n) is 4.50. The third-order valence-electron chi connectivity index (χ3n) is 2.82. The summed E-state index contributed by atoms with van der Waals surface area (Å²) in [4.78, 5) is 4.43. The molecule has 0 spiro atoms. The smallest absolute Gasteiger partial charge is 0.229 e. The molecule has 0 amide bonds. The lowest BCUT2D eigenvalue weighted by molar-refractivity contribution is 0.353. The fraction of sp³-hybridized carbons (Fsp3) is 0.818. The summed E-state index contributed by atoms with van der Waals surface area (Å²) < 4.78 is 5.22.